The van der Waals surface area contributed by atoms with Crippen LogP contribution in [0.4, 0.5) is 0 Å². The summed E-state index contributed by atoms with van der Waals surface area (Å²) in [6.07, 6.45) is 0. The van der Waals surface area contributed by atoms with Crippen molar-refractivity contribution in [2.24, 2.45) is 0 Å². The minimum absolute atomic E-state index is 0.102. The van der Waals surface area contributed by atoms with E-state index in [1.165, 1.54) is 11.1 Å². The van der Waals surface area contributed by atoms with Gasteiger partial charge in [-0.2, -0.15) is 0 Å². The van der Waals surface area contributed by atoms with Gasteiger partial charge < -0.3 is 10.2 Å². The molecule has 0 radical (unpaired) electrons. The van der Waals surface area contributed by atoms with Gasteiger partial charge in [-0.05, 0) is 17.0 Å². The van der Waals surface area contributed by atoms with Crippen LogP contribution in [0.3, 0.4) is 0 Å². The van der Waals surface area contributed by atoms with Gasteiger partial charge in [0.1, 0.15) is 0 Å². The number of hydrogen-bond acceptors (Lipinski definition) is 2. The van der Waals surface area contributed by atoms with E-state index in [1.807, 2.05) is 0 Å². The maximum Gasteiger partial charge on any atom is 0.236 e. The summed E-state index contributed by atoms with van der Waals surface area (Å²) in [5, 5.41) is 3.16. The monoisotopic (exact) mass is 234 g/mol. The molecule has 17 heavy (non-hydrogen) atoms. The first-order valence-corrected chi connectivity index (χ1v) is 6.00. The average molecular weight is 234 g/mol. The highest BCUT2D eigenvalue weighted by Gasteiger charge is 2.03. The first-order valence-electron chi connectivity index (χ1n) is 6.00. The fraction of sp³-hybridized carbons (Fsp3) is 0.500. The molecule has 0 fully saturated rings. The molecule has 1 rings (SSSR count). The molecule has 0 spiro atoms. The molecule has 0 saturated carbocycles. The summed E-state index contributed by atoms with van der Waals surface area (Å²) in [4.78, 5) is 13.0. The van der Waals surface area contributed by atoms with Gasteiger partial charge in [-0.15, -0.1) is 0 Å². The molecule has 0 saturated heterocycles. The molecular weight excluding hydrogens is 212 g/mol. The van der Waals surface area contributed by atoms with Crippen molar-refractivity contribution in [3.63, 3.8) is 0 Å². The van der Waals surface area contributed by atoms with Crippen molar-refractivity contribution in [1.82, 2.24) is 10.2 Å². The highest BCUT2D eigenvalue weighted by Crippen LogP contribution is 2.15. The third kappa shape index (κ3) is 4.57. The van der Waals surface area contributed by atoms with Crippen molar-refractivity contribution in [3.05, 3.63) is 35.4 Å². The molecule has 0 aliphatic carbocycles. The zero-order valence-electron chi connectivity index (χ0n) is 11.2. The lowest BCUT2D eigenvalue weighted by atomic mass is 10.0. The van der Waals surface area contributed by atoms with Gasteiger partial charge in [0.15, 0.2) is 0 Å². The Morgan fingerprint density at radius 3 is 2.65 bits per heavy atom. The first-order chi connectivity index (χ1) is 8.00. The van der Waals surface area contributed by atoms with Gasteiger partial charge in [0, 0.05) is 20.6 Å². The maximum absolute atomic E-state index is 11.4. The lowest BCUT2D eigenvalue weighted by Gasteiger charge is -2.12. The van der Waals surface area contributed by atoms with Crippen LogP contribution in [0.5, 0.6) is 0 Å². The lowest BCUT2D eigenvalue weighted by Crippen LogP contribution is -2.32. The fourth-order valence-corrected chi connectivity index (χ4v) is 1.53. The lowest BCUT2D eigenvalue weighted by molar-refractivity contribution is -0.127. The summed E-state index contributed by atoms with van der Waals surface area (Å²) in [5.41, 5.74) is 2.56. The second-order valence-electron chi connectivity index (χ2n) is 4.79. The van der Waals surface area contributed by atoms with Crippen LogP contribution in [-0.2, 0) is 11.3 Å². The number of carbonyl (C=O) groups is 1. The Balaban J connectivity index is 2.47. The number of carbonyl (C=O) groups excluding carboxylic acids is 1. The zero-order valence-corrected chi connectivity index (χ0v) is 11.2. The Morgan fingerprint density at radius 2 is 2.06 bits per heavy atom. The normalized spacial score (nSPS) is 10.6. The van der Waals surface area contributed by atoms with Crippen LogP contribution in [0, 0.1) is 0 Å². The topological polar surface area (TPSA) is 32.3 Å². The Hall–Kier alpha value is -1.35. The Labute approximate surface area is 104 Å². The van der Waals surface area contributed by atoms with Crippen LogP contribution in [0.15, 0.2) is 24.3 Å². The number of nitrogens with zero attached hydrogens (tertiary/aromatic N) is 1. The fourth-order valence-electron chi connectivity index (χ4n) is 1.53. The van der Waals surface area contributed by atoms with Crippen molar-refractivity contribution in [1.29, 1.82) is 0 Å². The van der Waals surface area contributed by atoms with E-state index in [0.717, 1.165) is 6.54 Å². The summed E-state index contributed by atoms with van der Waals surface area (Å²) >= 11 is 0. The van der Waals surface area contributed by atoms with E-state index in [2.05, 4.69) is 43.4 Å². The molecule has 1 aromatic carbocycles. The van der Waals surface area contributed by atoms with Gasteiger partial charge in [0.2, 0.25) is 5.91 Å². The van der Waals surface area contributed by atoms with Gasteiger partial charge >= 0.3 is 0 Å². The van der Waals surface area contributed by atoms with E-state index in [4.69, 9.17) is 0 Å². The summed E-state index contributed by atoms with van der Waals surface area (Å²) < 4.78 is 0. The molecule has 1 N–H and O–H groups in total. The maximum atomic E-state index is 11.4. The van der Waals surface area contributed by atoms with Crippen LogP contribution in [0.25, 0.3) is 0 Å². The van der Waals surface area contributed by atoms with Gasteiger partial charge in [-0.1, -0.05) is 38.1 Å². The molecule has 3 heteroatoms. The van der Waals surface area contributed by atoms with Gasteiger partial charge in [-0.3, -0.25) is 4.79 Å². The molecule has 3 nitrogen and oxygen atoms in total. The van der Waals surface area contributed by atoms with Crippen LogP contribution < -0.4 is 5.32 Å². The zero-order chi connectivity index (χ0) is 12.8. The first kappa shape index (κ1) is 13.7. The number of hydrogen-bond donors (Lipinski definition) is 1. The predicted molar refractivity (Wildman–Crippen MR) is 70.9 cm³/mol. The quantitative estimate of drug-likeness (QED) is 0.845. The minimum atomic E-state index is 0.102. The molecule has 94 valence electrons. The second-order valence-corrected chi connectivity index (χ2v) is 4.79. The molecular formula is C14H22N2O. The number of nitrogens with one attached hydrogen (secondary N) is 1. The Kier molecular flexibility index (Phi) is 5.16. The van der Waals surface area contributed by atoms with Crippen molar-refractivity contribution < 1.29 is 4.79 Å². The van der Waals surface area contributed by atoms with Crippen LogP contribution in [-0.4, -0.2) is 31.4 Å². The number of benzene rings is 1. The molecule has 0 aliphatic rings. The second kappa shape index (κ2) is 6.40. The van der Waals surface area contributed by atoms with Gasteiger partial charge in [0.05, 0.1) is 6.54 Å². The third-order valence-corrected chi connectivity index (χ3v) is 2.72. The summed E-state index contributed by atoms with van der Waals surface area (Å²) in [5.74, 6) is 0.642. The van der Waals surface area contributed by atoms with E-state index in [1.54, 1.807) is 19.0 Å². The summed E-state index contributed by atoms with van der Waals surface area (Å²) in [6, 6.07) is 8.48. The van der Waals surface area contributed by atoms with Crippen molar-refractivity contribution in [3.8, 4) is 0 Å². The molecule has 1 aromatic rings. The molecule has 0 atom stereocenters. The van der Waals surface area contributed by atoms with Crippen LogP contribution in [0.2, 0.25) is 0 Å². The van der Waals surface area contributed by atoms with Gasteiger partial charge in [0.25, 0.3) is 0 Å². The SMILES string of the molecule is CC(C)c1cccc(CNCC(=O)N(C)C)c1. The van der Waals surface area contributed by atoms with E-state index < -0.39 is 0 Å². The van der Waals surface area contributed by atoms with Crippen LogP contribution >= 0.6 is 0 Å². The third-order valence-electron chi connectivity index (χ3n) is 2.72. The number of amides is 1. The van der Waals surface area contributed by atoms with Crippen LogP contribution in [0.1, 0.15) is 30.9 Å². The van der Waals surface area contributed by atoms with E-state index in [0.29, 0.717) is 12.5 Å². The largest absolute Gasteiger partial charge is 0.348 e. The van der Waals surface area contributed by atoms with E-state index in [9.17, 15) is 4.79 Å². The predicted octanol–water partition coefficient (Wildman–Crippen LogP) is 1.99. The Morgan fingerprint density at radius 1 is 1.35 bits per heavy atom. The highest BCUT2D eigenvalue weighted by atomic mass is 16.2. The number of likely N-dealkylation sites (N-methyl/N-ethyl adjacent to an activating group) is 1. The number of rotatable bonds is 5. The molecule has 1 amide bonds. The molecule has 0 bridgehead atoms. The van der Waals surface area contributed by atoms with Crippen molar-refractivity contribution in [2.75, 3.05) is 20.6 Å². The molecule has 0 aliphatic heterocycles. The Bertz CT molecular complexity index is 372. The molecule has 0 unspecified atom stereocenters. The standard InChI is InChI=1S/C14H22N2O/c1-11(2)13-7-5-6-12(8-13)9-15-10-14(17)16(3)4/h5-8,11,15H,9-10H2,1-4H3. The summed E-state index contributed by atoms with van der Waals surface area (Å²) in [6.45, 7) is 5.49. The molecule has 0 aromatic heterocycles. The minimum Gasteiger partial charge on any atom is -0.348 e. The smallest absolute Gasteiger partial charge is 0.236 e. The molecule has 0 heterocycles. The van der Waals surface area contributed by atoms with Gasteiger partial charge in [-0.25, -0.2) is 0 Å². The highest BCUT2D eigenvalue weighted by molar-refractivity contribution is 5.77. The van der Waals surface area contributed by atoms with E-state index >= 15 is 0 Å². The van der Waals surface area contributed by atoms with Crippen molar-refractivity contribution >= 4 is 5.91 Å². The van der Waals surface area contributed by atoms with Crippen molar-refractivity contribution in [2.45, 2.75) is 26.3 Å². The van der Waals surface area contributed by atoms with E-state index in [-0.39, 0.29) is 5.91 Å². The average Bonchev–Trinajstić information content (AvgIpc) is 2.29. The summed E-state index contributed by atoms with van der Waals surface area (Å²) in [7, 11) is 3.53.